The van der Waals surface area contributed by atoms with Crippen LogP contribution < -0.4 is 10.1 Å². The third kappa shape index (κ3) is 5.10. The Labute approximate surface area is 132 Å². The van der Waals surface area contributed by atoms with Crippen LogP contribution in [0.4, 0.5) is 4.39 Å². The van der Waals surface area contributed by atoms with Crippen molar-refractivity contribution in [3.63, 3.8) is 0 Å². The van der Waals surface area contributed by atoms with Crippen LogP contribution in [0.5, 0.6) is 11.6 Å². The van der Waals surface area contributed by atoms with Gasteiger partial charge in [0.2, 0.25) is 5.88 Å². The first-order chi connectivity index (χ1) is 9.83. The summed E-state index contributed by atoms with van der Waals surface area (Å²) in [5.41, 5.74) is 1.10. The van der Waals surface area contributed by atoms with Crippen molar-refractivity contribution in [2.75, 3.05) is 0 Å². The Morgan fingerprint density at radius 1 is 1.24 bits per heavy atom. The van der Waals surface area contributed by atoms with Crippen LogP contribution in [0.2, 0.25) is 0 Å². The van der Waals surface area contributed by atoms with E-state index in [-0.39, 0.29) is 11.4 Å². The van der Waals surface area contributed by atoms with Gasteiger partial charge in [-0.3, -0.25) is 0 Å². The van der Waals surface area contributed by atoms with E-state index in [1.54, 1.807) is 18.3 Å². The number of pyridine rings is 1. The van der Waals surface area contributed by atoms with E-state index in [2.05, 4.69) is 47.0 Å². The summed E-state index contributed by atoms with van der Waals surface area (Å²) < 4.78 is 19.5. The van der Waals surface area contributed by atoms with Gasteiger partial charge in [-0.05, 0) is 60.5 Å². The SMILES string of the molecule is CC(C)(C)NCc1ccnc(Oc2ccc(Br)c(F)c2)c1. The molecule has 1 aromatic heterocycles. The van der Waals surface area contributed by atoms with Crippen molar-refractivity contribution >= 4 is 15.9 Å². The number of ether oxygens (including phenoxy) is 1. The molecule has 0 amide bonds. The molecule has 2 rings (SSSR count). The minimum absolute atomic E-state index is 0.0408. The molecule has 0 aliphatic rings. The van der Waals surface area contributed by atoms with Gasteiger partial charge in [-0.1, -0.05) is 0 Å². The lowest BCUT2D eigenvalue weighted by atomic mass is 10.1. The molecule has 3 nitrogen and oxygen atoms in total. The molecule has 5 heteroatoms. The number of aromatic nitrogens is 1. The van der Waals surface area contributed by atoms with Gasteiger partial charge >= 0.3 is 0 Å². The van der Waals surface area contributed by atoms with E-state index >= 15 is 0 Å². The topological polar surface area (TPSA) is 34.2 Å². The normalized spacial score (nSPS) is 11.5. The molecule has 0 aliphatic carbocycles. The van der Waals surface area contributed by atoms with Crippen LogP contribution in [0.15, 0.2) is 41.0 Å². The summed E-state index contributed by atoms with van der Waals surface area (Å²) in [6.45, 7) is 7.04. The van der Waals surface area contributed by atoms with E-state index < -0.39 is 0 Å². The number of benzene rings is 1. The Balaban J connectivity index is 2.08. The Kier molecular flexibility index (Phi) is 4.96. The average molecular weight is 353 g/mol. The summed E-state index contributed by atoms with van der Waals surface area (Å²) in [7, 11) is 0. The molecule has 0 atom stereocenters. The van der Waals surface area contributed by atoms with Gasteiger partial charge in [-0.25, -0.2) is 9.37 Å². The van der Waals surface area contributed by atoms with Crippen molar-refractivity contribution in [1.82, 2.24) is 10.3 Å². The van der Waals surface area contributed by atoms with Crippen molar-refractivity contribution in [2.45, 2.75) is 32.9 Å². The minimum Gasteiger partial charge on any atom is -0.439 e. The highest BCUT2D eigenvalue weighted by atomic mass is 79.9. The van der Waals surface area contributed by atoms with Crippen molar-refractivity contribution < 1.29 is 9.13 Å². The summed E-state index contributed by atoms with van der Waals surface area (Å²) in [5, 5.41) is 3.40. The van der Waals surface area contributed by atoms with Gasteiger partial charge in [-0.2, -0.15) is 0 Å². The molecule has 0 fully saturated rings. The lowest BCUT2D eigenvalue weighted by Gasteiger charge is -2.20. The molecule has 0 spiro atoms. The zero-order valence-electron chi connectivity index (χ0n) is 12.3. The van der Waals surface area contributed by atoms with Crippen LogP contribution in [0.3, 0.4) is 0 Å². The van der Waals surface area contributed by atoms with Crippen LogP contribution >= 0.6 is 15.9 Å². The number of nitrogens with zero attached hydrogens (tertiary/aromatic N) is 1. The van der Waals surface area contributed by atoms with Gasteiger partial charge in [0.25, 0.3) is 0 Å². The molecule has 0 radical (unpaired) electrons. The lowest BCUT2D eigenvalue weighted by molar-refractivity contribution is 0.421. The van der Waals surface area contributed by atoms with Gasteiger partial charge in [0, 0.05) is 30.4 Å². The Hall–Kier alpha value is -1.46. The molecule has 1 aromatic carbocycles. The first-order valence-electron chi connectivity index (χ1n) is 6.66. The maximum Gasteiger partial charge on any atom is 0.219 e. The number of hydrogen-bond donors (Lipinski definition) is 1. The molecule has 0 bridgehead atoms. The second kappa shape index (κ2) is 6.54. The zero-order chi connectivity index (χ0) is 15.5. The summed E-state index contributed by atoms with van der Waals surface area (Å²) in [4.78, 5) is 4.15. The fourth-order valence-electron chi connectivity index (χ4n) is 1.64. The molecular formula is C16H18BrFN2O. The van der Waals surface area contributed by atoms with Gasteiger partial charge in [0.1, 0.15) is 11.6 Å². The zero-order valence-corrected chi connectivity index (χ0v) is 13.9. The molecule has 0 aliphatic heterocycles. The Morgan fingerprint density at radius 3 is 2.67 bits per heavy atom. The standard InChI is InChI=1S/C16H18BrFN2O/c1-16(2,3)20-10-11-6-7-19-15(8-11)21-12-4-5-13(17)14(18)9-12/h4-9,20H,10H2,1-3H3. The number of hydrogen-bond acceptors (Lipinski definition) is 3. The summed E-state index contributed by atoms with van der Waals surface area (Å²) in [6.07, 6.45) is 1.68. The van der Waals surface area contributed by atoms with E-state index in [4.69, 9.17) is 4.74 Å². The summed E-state index contributed by atoms with van der Waals surface area (Å²) in [5.74, 6) is 0.507. The van der Waals surface area contributed by atoms with E-state index in [0.29, 0.717) is 16.1 Å². The number of rotatable bonds is 4. The fraction of sp³-hybridized carbons (Fsp3) is 0.312. The molecular weight excluding hydrogens is 335 g/mol. The second-order valence-electron chi connectivity index (χ2n) is 5.78. The molecule has 1 heterocycles. The maximum atomic E-state index is 13.5. The quantitative estimate of drug-likeness (QED) is 0.868. The first kappa shape index (κ1) is 15.9. The van der Waals surface area contributed by atoms with Crippen molar-refractivity contribution in [2.24, 2.45) is 0 Å². The van der Waals surface area contributed by atoms with Crippen LogP contribution in [0, 0.1) is 5.82 Å². The Morgan fingerprint density at radius 2 is 2.00 bits per heavy atom. The molecule has 2 aromatic rings. The highest BCUT2D eigenvalue weighted by molar-refractivity contribution is 9.10. The van der Waals surface area contributed by atoms with E-state index in [1.807, 2.05) is 12.1 Å². The van der Waals surface area contributed by atoms with Crippen molar-refractivity contribution in [1.29, 1.82) is 0 Å². The fourth-order valence-corrected chi connectivity index (χ4v) is 1.89. The largest absolute Gasteiger partial charge is 0.439 e. The van der Waals surface area contributed by atoms with Crippen LogP contribution in [0.25, 0.3) is 0 Å². The predicted octanol–water partition coefficient (Wildman–Crippen LogP) is 4.66. The van der Waals surface area contributed by atoms with Crippen molar-refractivity contribution in [3.05, 3.63) is 52.4 Å². The third-order valence-corrected chi connectivity index (χ3v) is 3.38. The van der Waals surface area contributed by atoms with Gasteiger partial charge in [0.05, 0.1) is 4.47 Å². The maximum absolute atomic E-state index is 13.5. The first-order valence-corrected chi connectivity index (χ1v) is 7.46. The molecule has 0 saturated carbocycles. The van der Waals surface area contributed by atoms with Gasteiger partial charge in [-0.15, -0.1) is 0 Å². The molecule has 112 valence electrons. The number of halogens is 2. The summed E-state index contributed by atoms with van der Waals surface area (Å²) >= 11 is 3.11. The minimum atomic E-state index is -0.363. The molecule has 21 heavy (non-hydrogen) atoms. The smallest absolute Gasteiger partial charge is 0.219 e. The van der Waals surface area contributed by atoms with E-state index in [0.717, 1.165) is 12.1 Å². The van der Waals surface area contributed by atoms with Crippen LogP contribution in [-0.4, -0.2) is 10.5 Å². The summed E-state index contributed by atoms with van der Waals surface area (Å²) in [6, 6.07) is 8.39. The van der Waals surface area contributed by atoms with Gasteiger partial charge < -0.3 is 10.1 Å². The molecule has 0 saturated heterocycles. The third-order valence-electron chi connectivity index (χ3n) is 2.74. The van der Waals surface area contributed by atoms with E-state index in [9.17, 15) is 4.39 Å². The van der Waals surface area contributed by atoms with E-state index in [1.165, 1.54) is 6.07 Å². The average Bonchev–Trinajstić information content (AvgIpc) is 2.40. The predicted molar refractivity (Wildman–Crippen MR) is 85.0 cm³/mol. The molecule has 0 unspecified atom stereocenters. The highest BCUT2D eigenvalue weighted by Gasteiger charge is 2.09. The lowest BCUT2D eigenvalue weighted by Crippen LogP contribution is -2.35. The monoisotopic (exact) mass is 352 g/mol. The van der Waals surface area contributed by atoms with Crippen molar-refractivity contribution in [3.8, 4) is 11.6 Å². The van der Waals surface area contributed by atoms with Crippen LogP contribution in [0.1, 0.15) is 26.3 Å². The molecule has 1 N–H and O–H groups in total. The Bertz CT molecular complexity index is 626. The van der Waals surface area contributed by atoms with Crippen LogP contribution in [-0.2, 0) is 6.54 Å². The highest BCUT2D eigenvalue weighted by Crippen LogP contribution is 2.25. The second-order valence-corrected chi connectivity index (χ2v) is 6.64. The number of nitrogens with one attached hydrogen (secondary N) is 1. The van der Waals surface area contributed by atoms with Gasteiger partial charge in [0.15, 0.2) is 0 Å².